The zero-order chi connectivity index (χ0) is 25.6. The highest BCUT2D eigenvalue weighted by molar-refractivity contribution is 14.1. The Morgan fingerprint density at radius 2 is 1.15 bits per heavy atom. The molecule has 188 valence electrons. The second kappa shape index (κ2) is 16.3. The first-order valence-electron chi connectivity index (χ1n) is 10.5. The Hall–Kier alpha value is -2.29. The van der Waals surface area contributed by atoms with Crippen molar-refractivity contribution in [3.63, 3.8) is 0 Å². The molecule has 0 aliphatic carbocycles. The van der Waals surface area contributed by atoms with Gasteiger partial charge in [0.05, 0.1) is 0 Å². The van der Waals surface area contributed by atoms with Crippen LogP contribution in [0.5, 0.6) is 0 Å². The van der Waals surface area contributed by atoms with Crippen molar-refractivity contribution in [1.29, 1.82) is 0 Å². The van der Waals surface area contributed by atoms with Crippen molar-refractivity contribution in [1.82, 2.24) is 26.6 Å². The predicted molar refractivity (Wildman–Crippen MR) is 128 cm³/mol. The average molecular weight is 583 g/mol. The maximum Gasteiger partial charge on any atom is 0.246 e. The molecule has 0 aromatic rings. The van der Waals surface area contributed by atoms with Gasteiger partial charge in [0.1, 0.15) is 31.3 Å². The smallest absolute Gasteiger partial charge is 0.246 e. The van der Waals surface area contributed by atoms with E-state index in [1.54, 1.807) is 0 Å². The molecule has 0 aliphatic heterocycles. The fourth-order valence-electron chi connectivity index (χ4n) is 2.36. The molecule has 0 aromatic heterocycles. The van der Waals surface area contributed by atoms with Crippen LogP contribution >= 0.6 is 22.6 Å². The highest BCUT2D eigenvalue weighted by Crippen LogP contribution is 1.97. The Bertz CT molecular complexity index is 717. The van der Waals surface area contributed by atoms with E-state index in [1.807, 2.05) is 13.8 Å². The molecule has 12 nitrogen and oxygen atoms in total. The molecule has 0 spiro atoms. The lowest BCUT2D eigenvalue weighted by atomic mass is 10.1. The van der Waals surface area contributed by atoms with Crippen molar-refractivity contribution in [2.45, 2.75) is 59.2 Å². The third-order valence-electron chi connectivity index (χ3n) is 4.06. The van der Waals surface area contributed by atoms with E-state index in [-0.39, 0.29) is 41.9 Å². The summed E-state index contributed by atoms with van der Waals surface area (Å²) in [7, 11) is 0. The summed E-state index contributed by atoms with van der Waals surface area (Å²) in [6.07, 6.45) is 0.402. The summed E-state index contributed by atoms with van der Waals surface area (Å²) in [5.41, 5.74) is 0. The van der Waals surface area contributed by atoms with E-state index in [0.29, 0.717) is 6.42 Å². The largest absolute Gasteiger partial charge is 0.363 e. The molecular formula is C20H34IN5O7. The molecule has 3 atom stereocenters. The van der Waals surface area contributed by atoms with Crippen molar-refractivity contribution in [3.8, 4) is 0 Å². The van der Waals surface area contributed by atoms with Gasteiger partial charge in [-0.3, -0.25) is 28.8 Å². The summed E-state index contributed by atoms with van der Waals surface area (Å²) < 4.78 is 4.60. The second-order valence-electron chi connectivity index (χ2n) is 7.84. The lowest BCUT2D eigenvalue weighted by molar-refractivity contribution is -0.134. The molecule has 0 radical (unpaired) electrons. The summed E-state index contributed by atoms with van der Waals surface area (Å²) in [4.78, 5) is 70.6. The maximum atomic E-state index is 12.3. The van der Waals surface area contributed by atoms with Gasteiger partial charge >= 0.3 is 0 Å². The molecule has 0 heterocycles. The van der Waals surface area contributed by atoms with E-state index in [4.69, 9.17) is 4.74 Å². The first-order chi connectivity index (χ1) is 15.3. The molecule has 13 heteroatoms. The highest BCUT2D eigenvalue weighted by Gasteiger charge is 2.23. The minimum atomic E-state index is -0.963. The van der Waals surface area contributed by atoms with Gasteiger partial charge in [-0.1, -0.05) is 13.8 Å². The number of nitrogens with one attached hydrogen (secondary N) is 5. The third kappa shape index (κ3) is 15.2. The molecule has 5 amide bonds. The topological polar surface area (TPSA) is 172 Å². The van der Waals surface area contributed by atoms with Crippen LogP contribution in [0.25, 0.3) is 0 Å². The van der Waals surface area contributed by atoms with Gasteiger partial charge in [-0.15, -0.1) is 0 Å². The number of carbonyl (C=O) groups excluding carboxylic acids is 6. The summed E-state index contributed by atoms with van der Waals surface area (Å²) >= 11 is 1.53. The van der Waals surface area contributed by atoms with Crippen LogP contribution in [0.3, 0.4) is 0 Å². The quantitative estimate of drug-likeness (QED) is 0.0912. The fraction of sp³-hybridized carbons (Fsp3) is 0.700. The SMILES string of the molecule is CC(C)CC(=O)NCCNC(=O)C(C)NC(=O)C(C)NC(=O)C(C)NC(=O)COCC(=O)I. The standard InChI is InChI=1S/C20H34IN5O7/c1-11(2)8-16(28)22-6-7-23-18(30)12(3)25-20(32)14(5)26-19(31)13(4)24-17(29)10-33-9-15(21)27/h11-14H,6-10H2,1-5H3,(H,22,28)(H,23,30)(H,24,29)(H,25,32)(H,26,31). The molecule has 0 aliphatic rings. The van der Waals surface area contributed by atoms with E-state index < -0.39 is 41.8 Å². The summed E-state index contributed by atoms with van der Waals surface area (Å²) in [5.74, 6) is -2.07. The summed E-state index contributed by atoms with van der Waals surface area (Å²) in [5, 5.41) is 12.6. The Labute approximate surface area is 207 Å². The van der Waals surface area contributed by atoms with E-state index >= 15 is 0 Å². The van der Waals surface area contributed by atoms with E-state index in [2.05, 4.69) is 26.6 Å². The van der Waals surface area contributed by atoms with Gasteiger partial charge in [0.25, 0.3) is 0 Å². The summed E-state index contributed by atoms with van der Waals surface area (Å²) in [6, 6.07) is -2.77. The highest BCUT2D eigenvalue weighted by atomic mass is 127. The van der Waals surface area contributed by atoms with Gasteiger partial charge in [-0.05, 0) is 26.7 Å². The third-order valence-corrected chi connectivity index (χ3v) is 4.38. The lowest BCUT2D eigenvalue weighted by Crippen LogP contribution is -2.55. The van der Waals surface area contributed by atoms with Crippen molar-refractivity contribution >= 4 is 55.9 Å². The minimum absolute atomic E-state index is 0.0983. The summed E-state index contributed by atoms with van der Waals surface area (Å²) in [6.45, 7) is 8.10. The Morgan fingerprint density at radius 1 is 0.667 bits per heavy atom. The van der Waals surface area contributed by atoms with Gasteiger partial charge in [0, 0.05) is 42.1 Å². The van der Waals surface area contributed by atoms with Crippen LogP contribution in [-0.2, 0) is 33.5 Å². The van der Waals surface area contributed by atoms with E-state index in [0.717, 1.165) is 0 Å². The van der Waals surface area contributed by atoms with Crippen LogP contribution in [0.15, 0.2) is 0 Å². The van der Waals surface area contributed by atoms with Crippen LogP contribution in [0, 0.1) is 5.92 Å². The van der Waals surface area contributed by atoms with Crippen LogP contribution in [0.2, 0.25) is 0 Å². The van der Waals surface area contributed by atoms with Crippen LogP contribution in [-0.4, -0.2) is 77.8 Å². The predicted octanol–water partition coefficient (Wildman–Crippen LogP) is -1.24. The molecule has 0 saturated carbocycles. The number of halogens is 1. The maximum absolute atomic E-state index is 12.3. The Morgan fingerprint density at radius 3 is 1.67 bits per heavy atom. The van der Waals surface area contributed by atoms with Crippen LogP contribution < -0.4 is 26.6 Å². The van der Waals surface area contributed by atoms with Crippen LogP contribution in [0.4, 0.5) is 0 Å². The number of amides is 5. The number of rotatable bonds is 15. The van der Waals surface area contributed by atoms with E-state index in [1.165, 1.54) is 43.4 Å². The molecule has 5 N–H and O–H groups in total. The van der Waals surface area contributed by atoms with Crippen molar-refractivity contribution in [3.05, 3.63) is 0 Å². The fourth-order valence-corrected chi connectivity index (χ4v) is 2.58. The van der Waals surface area contributed by atoms with Crippen molar-refractivity contribution in [2.24, 2.45) is 5.92 Å². The number of hydrogen-bond acceptors (Lipinski definition) is 7. The molecule has 0 saturated heterocycles. The number of ether oxygens (including phenoxy) is 1. The van der Waals surface area contributed by atoms with Gasteiger partial charge < -0.3 is 31.3 Å². The zero-order valence-electron chi connectivity index (χ0n) is 19.6. The van der Waals surface area contributed by atoms with Gasteiger partial charge in [-0.2, -0.15) is 0 Å². The molecular weight excluding hydrogens is 549 g/mol. The number of carbonyl (C=O) groups is 6. The normalized spacial score (nSPS) is 13.3. The first kappa shape index (κ1) is 30.7. The van der Waals surface area contributed by atoms with Gasteiger partial charge in [-0.25, -0.2) is 0 Å². The minimum Gasteiger partial charge on any atom is -0.363 e. The molecule has 33 heavy (non-hydrogen) atoms. The molecule has 0 bridgehead atoms. The second-order valence-corrected chi connectivity index (χ2v) is 9.04. The van der Waals surface area contributed by atoms with E-state index in [9.17, 15) is 28.8 Å². The van der Waals surface area contributed by atoms with Crippen molar-refractivity contribution in [2.75, 3.05) is 26.3 Å². The molecule has 0 rings (SSSR count). The van der Waals surface area contributed by atoms with Gasteiger partial charge in [0.15, 0.2) is 0 Å². The Kier molecular flexibility index (Phi) is 15.2. The van der Waals surface area contributed by atoms with Crippen molar-refractivity contribution < 1.29 is 33.5 Å². The molecule has 0 aromatic carbocycles. The zero-order valence-corrected chi connectivity index (χ0v) is 21.7. The lowest BCUT2D eigenvalue weighted by Gasteiger charge is -2.20. The monoisotopic (exact) mass is 583 g/mol. The molecule has 3 unspecified atom stereocenters. The first-order valence-corrected chi connectivity index (χ1v) is 11.6. The average Bonchev–Trinajstić information content (AvgIpc) is 2.69. The Balaban J connectivity index is 4.29. The number of hydrogen-bond donors (Lipinski definition) is 5. The van der Waals surface area contributed by atoms with Gasteiger partial charge in [0.2, 0.25) is 33.3 Å². The van der Waals surface area contributed by atoms with Crippen LogP contribution in [0.1, 0.15) is 41.0 Å². The molecule has 0 fully saturated rings.